The van der Waals surface area contributed by atoms with Crippen LogP contribution in [-0.2, 0) is 11.2 Å². The van der Waals surface area contributed by atoms with Crippen LogP contribution in [0.5, 0.6) is 11.5 Å². The topological polar surface area (TPSA) is 95.4 Å². The number of Topliss-reactive ketones (excluding diaryl/α,β-unsaturated/α-hetero) is 1. The summed E-state index contributed by atoms with van der Waals surface area (Å²) in [6.45, 7) is 5.03. The first kappa shape index (κ1) is 16.5. The SMILES string of the molecule is COc1cc(C2c3nc(C)[nH]c3CC(C)(O)C2C(C)=O)ccc1O. The van der Waals surface area contributed by atoms with Gasteiger partial charge in [0.05, 0.1) is 24.3 Å². The number of fused-ring (bicyclic) bond motifs is 1. The van der Waals surface area contributed by atoms with Crippen molar-refractivity contribution in [3.8, 4) is 11.5 Å². The summed E-state index contributed by atoms with van der Waals surface area (Å²) in [5, 5.41) is 20.8. The van der Waals surface area contributed by atoms with E-state index in [-0.39, 0.29) is 11.5 Å². The van der Waals surface area contributed by atoms with Gasteiger partial charge in [0.25, 0.3) is 0 Å². The second-order valence-electron chi connectivity index (χ2n) is 6.72. The Morgan fingerprint density at radius 2 is 2.17 bits per heavy atom. The highest BCUT2D eigenvalue weighted by Gasteiger charge is 2.48. The molecule has 128 valence electrons. The van der Waals surface area contributed by atoms with Crippen molar-refractivity contribution in [3.05, 3.63) is 41.0 Å². The molecule has 1 aliphatic carbocycles. The maximum atomic E-state index is 12.4. The largest absolute Gasteiger partial charge is 0.504 e. The predicted molar refractivity (Wildman–Crippen MR) is 88.3 cm³/mol. The van der Waals surface area contributed by atoms with E-state index < -0.39 is 17.4 Å². The number of hydrogen-bond donors (Lipinski definition) is 3. The molecule has 3 N–H and O–H groups in total. The van der Waals surface area contributed by atoms with Crippen molar-refractivity contribution in [3.63, 3.8) is 0 Å². The Bertz CT molecular complexity index is 794. The Hall–Kier alpha value is -2.34. The first-order valence-electron chi connectivity index (χ1n) is 7.89. The van der Waals surface area contributed by atoms with E-state index in [0.29, 0.717) is 12.2 Å². The lowest BCUT2D eigenvalue weighted by molar-refractivity contribution is -0.131. The average molecular weight is 330 g/mol. The number of rotatable bonds is 3. The monoisotopic (exact) mass is 330 g/mol. The minimum Gasteiger partial charge on any atom is -0.504 e. The molecule has 24 heavy (non-hydrogen) atoms. The highest BCUT2D eigenvalue weighted by Crippen LogP contribution is 2.46. The second kappa shape index (κ2) is 5.63. The summed E-state index contributed by atoms with van der Waals surface area (Å²) in [4.78, 5) is 20.1. The van der Waals surface area contributed by atoms with Crippen molar-refractivity contribution >= 4 is 5.78 Å². The molecule has 0 bridgehead atoms. The van der Waals surface area contributed by atoms with E-state index in [0.717, 1.165) is 22.8 Å². The summed E-state index contributed by atoms with van der Waals surface area (Å²) >= 11 is 0. The maximum absolute atomic E-state index is 12.4. The minimum absolute atomic E-state index is 0.0293. The zero-order valence-electron chi connectivity index (χ0n) is 14.3. The minimum atomic E-state index is -1.19. The number of carbonyl (C=O) groups excluding carboxylic acids is 1. The van der Waals surface area contributed by atoms with Crippen LogP contribution in [0.2, 0.25) is 0 Å². The van der Waals surface area contributed by atoms with Crippen LogP contribution in [0.4, 0.5) is 0 Å². The molecule has 6 nitrogen and oxygen atoms in total. The molecule has 0 saturated carbocycles. The number of hydrogen-bond acceptors (Lipinski definition) is 5. The van der Waals surface area contributed by atoms with Gasteiger partial charge in [0.15, 0.2) is 11.5 Å². The summed E-state index contributed by atoms with van der Waals surface area (Å²) in [6, 6.07) is 4.98. The molecule has 1 aromatic carbocycles. The third kappa shape index (κ3) is 2.57. The Morgan fingerprint density at radius 3 is 2.79 bits per heavy atom. The average Bonchev–Trinajstić information content (AvgIpc) is 2.84. The van der Waals surface area contributed by atoms with Gasteiger partial charge in [-0.25, -0.2) is 4.98 Å². The van der Waals surface area contributed by atoms with Crippen LogP contribution in [0, 0.1) is 12.8 Å². The molecular formula is C18H22N2O4. The molecule has 3 unspecified atom stereocenters. The van der Waals surface area contributed by atoms with E-state index in [9.17, 15) is 15.0 Å². The number of imidazole rings is 1. The fourth-order valence-electron chi connectivity index (χ4n) is 3.85. The maximum Gasteiger partial charge on any atom is 0.160 e. The number of carbonyl (C=O) groups is 1. The Labute approximate surface area is 140 Å². The first-order valence-corrected chi connectivity index (χ1v) is 7.89. The second-order valence-corrected chi connectivity index (χ2v) is 6.72. The number of benzene rings is 1. The lowest BCUT2D eigenvalue weighted by Gasteiger charge is -2.40. The fraction of sp³-hybridized carbons (Fsp3) is 0.444. The number of ether oxygens (including phenoxy) is 1. The summed E-state index contributed by atoms with van der Waals surface area (Å²) in [5.41, 5.74) is 1.20. The zero-order valence-corrected chi connectivity index (χ0v) is 14.3. The Kier molecular flexibility index (Phi) is 3.87. The number of aliphatic hydroxyl groups is 1. The quantitative estimate of drug-likeness (QED) is 0.801. The van der Waals surface area contributed by atoms with Gasteiger partial charge in [-0.15, -0.1) is 0 Å². The van der Waals surface area contributed by atoms with Gasteiger partial charge in [-0.1, -0.05) is 6.07 Å². The van der Waals surface area contributed by atoms with Gasteiger partial charge in [0.1, 0.15) is 11.6 Å². The third-order valence-corrected chi connectivity index (χ3v) is 4.76. The molecule has 0 amide bonds. The molecule has 1 aliphatic rings. The number of ketones is 1. The molecule has 0 aliphatic heterocycles. The highest BCUT2D eigenvalue weighted by atomic mass is 16.5. The van der Waals surface area contributed by atoms with E-state index >= 15 is 0 Å². The van der Waals surface area contributed by atoms with Crippen molar-refractivity contribution in [2.75, 3.05) is 7.11 Å². The molecular weight excluding hydrogens is 308 g/mol. The molecule has 3 atom stereocenters. The molecule has 1 aromatic heterocycles. The van der Waals surface area contributed by atoms with Crippen LogP contribution >= 0.6 is 0 Å². The van der Waals surface area contributed by atoms with E-state index in [2.05, 4.69) is 9.97 Å². The summed E-state index contributed by atoms with van der Waals surface area (Å²) in [5.74, 6) is -0.0165. The standard InChI is InChI=1S/C18H22N2O4/c1-9(21)16-15(11-5-6-13(22)14(7-11)24-4)17-12(8-18(16,3)23)19-10(2)20-17/h5-7,15-16,22-23H,8H2,1-4H3,(H,19,20). The van der Waals surface area contributed by atoms with Crippen LogP contribution in [0.15, 0.2) is 18.2 Å². The summed E-state index contributed by atoms with van der Waals surface area (Å²) in [6.07, 6.45) is 0.346. The van der Waals surface area contributed by atoms with Crippen LogP contribution in [0.25, 0.3) is 0 Å². The number of nitrogens with one attached hydrogen (secondary N) is 1. The van der Waals surface area contributed by atoms with Crippen LogP contribution in [-0.4, -0.2) is 38.7 Å². The number of nitrogens with zero attached hydrogens (tertiary/aromatic N) is 1. The van der Waals surface area contributed by atoms with Gasteiger partial charge in [0, 0.05) is 18.0 Å². The number of aromatic hydroxyl groups is 1. The number of aromatic nitrogens is 2. The van der Waals surface area contributed by atoms with Gasteiger partial charge in [-0.2, -0.15) is 0 Å². The van der Waals surface area contributed by atoms with Gasteiger partial charge in [-0.05, 0) is 38.5 Å². The van der Waals surface area contributed by atoms with Crippen molar-refractivity contribution in [2.45, 2.75) is 38.7 Å². The first-order chi connectivity index (χ1) is 11.2. The normalized spacial score (nSPS) is 26.0. The van der Waals surface area contributed by atoms with Gasteiger partial charge in [-0.3, -0.25) is 4.79 Å². The van der Waals surface area contributed by atoms with Gasteiger partial charge >= 0.3 is 0 Å². The van der Waals surface area contributed by atoms with Crippen LogP contribution in [0.1, 0.15) is 42.5 Å². The number of phenolic OH excluding ortho intramolecular Hbond substituents is 1. The number of H-pyrrole nitrogens is 1. The molecule has 0 fully saturated rings. The fourth-order valence-corrected chi connectivity index (χ4v) is 3.85. The molecule has 0 radical (unpaired) electrons. The molecule has 6 heteroatoms. The molecule has 0 saturated heterocycles. The third-order valence-electron chi connectivity index (χ3n) is 4.76. The van der Waals surface area contributed by atoms with Gasteiger partial charge in [0.2, 0.25) is 0 Å². The highest BCUT2D eigenvalue weighted by molar-refractivity contribution is 5.82. The summed E-state index contributed by atoms with van der Waals surface area (Å²) in [7, 11) is 1.47. The number of aryl methyl sites for hydroxylation is 1. The number of aromatic amines is 1. The lowest BCUT2D eigenvalue weighted by Crippen LogP contribution is -2.48. The van der Waals surface area contributed by atoms with Crippen molar-refractivity contribution in [1.82, 2.24) is 9.97 Å². The predicted octanol–water partition coefficient (Wildman–Crippen LogP) is 2.08. The van der Waals surface area contributed by atoms with Gasteiger partial charge < -0.3 is 19.9 Å². The van der Waals surface area contributed by atoms with E-state index in [1.165, 1.54) is 20.1 Å². The van der Waals surface area contributed by atoms with E-state index in [1.807, 2.05) is 6.92 Å². The molecule has 1 heterocycles. The molecule has 2 aromatic rings. The zero-order chi connectivity index (χ0) is 17.6. The van der Waals surface area contributed by atoms with E-state index in [4.69, 9.17) is 4.74 Å². The molecule has 3 rings (SSSR count). The van der Waals surface area contributed by atoms with Crippen molar-refractivity contribution < 1.29 is 19.7 Å². The van der Waals surface area contributed by atoms with Crippen molar-refractivity contribution in [2.24, 2.45) is 5.92 Å². The van der Waals surface area contributed by atoms with E-state index in [1.54, 1.807) is 19.1 Å². The Balaban J connectivity index is 2.22. The molecule has 0 spiro atoms. The van der Waals surface area contributed by atoms with Crippen LogP contribution in [0.3, 0.4) is 0 Å². The smallest absolute Gasteiger partial charge is 0.160 e. The van der Waals surface area contributed by atoms with Crippen molar-refractivity contribution in [1.29, 1.82) is 0 Å². The number of phenols is 1. The summed E-state index contributed by atoms with van der Waals surface area (Å²) < 4.78 is 5.19. The van der Waals surface area contributed by atoms with Crippen LogP contribution < -0.4 is 4.74 Å². The Morgan fingerprint density at radius 1 is 1.46 bits per heavy atom. The lowest BCUT2D eigenvalue weighted by atomic mass is 9.66. The number of methoxy groups -OCH3 is 1.